The van der Waals surface area contributed by atoms with Crippen molar-refractivity contribution in [2.24, 2.45) is 0 Å². The van der Waals surface area contributed by atoms with Crippen molar-refractivity contribution in [3.05, 3.63) is 58.7 Å². The van der Waals surface area contributed by atoms with Crippen LogP contribution in [0.1, 0.15) is 11.1 Å². The second kappa shape index (κ2) is 6.68. The third-order valence-corrected chi connectivity index (χ3v) is 2.92. The van der Waals surface area contributed by atoms with Crippen molar-refractivity contribution in [2.45, 2.75) is 13.8 Å². The van der Waals surface area contributed by atoms with Crippen LogP contribution in [-0.2, 0) is 4.79 Å². The molecule has 3 nitrogen and oxygen atoms in total. The van der Waals surface area contributed by atoms with Crippen molar-refractivity contribution in [3.8, 4) is 5.75 Å². The normalized spacial score (nSPS) is 10.5. The van der Waals surface area contributed by atoms with Crippen molar-refractivity contribution in [1.29, 1.82) is 0 Å². The maximum Gasteiger partial charge on any atom is 0.262 e. The van der Waals surface area contributed by atoms with Crippen LogP contribution in [0.25, 0.3) is 0 Å². The molecule has 0 aliphatic carbocycles. The van der Waals surface area contributed by atoms with E-state index in [2.05, 4.69) is 10.1 Å². The lowest BCUT2D eigenvalue weighted by Crippen LogP contribution is -2.21. The van der Waals surface area contributed by atoms with Gasteiger partial charge in [-0.1, -0.05) is 6.07 Å². The Bertz CT molecular complexity index is 716. The Morgan fingerprint density at radius 1 is 0.957 bits per heavy atom. The van der Waals surface area contributed by atoms with Gasteiger partial charge in [0.2, 0.25) is 11.6 Å². The second-order valence-electron chi connectivity index (χ2n) is 5.01. The van der Waals surface area contributed by atoms with E-state index in [0.717, 1.165) is 11.1 Å². The molecule has 0 bridgehead atoms. The molecule has 1 N–H and O–H groups in total. The van der Waals surface area contributed by atoms with Crippen molar-refractivity contribution in [2.75, 3.05) is 11.9 Å². The summed E-state index contributed by atoms with van der Waals surface area (Å²) in [6.45, 7) is 2.86. The summed E-state index contributed by atoms with van der Waals surface area (Å²) in [5.41, 5.74) is 2.29. The first kappa shape index (κ1) is 16.8. The first-order chi connectivity index (χ1) is 10.8. The van der Waals surface area contributed by atoms with Crippen LogP contribution in [0.4, 0.5) is 23.2 Å². The lowest BCUT2D eigenvalue weighted by Gasteiger charge is -2.10. The highest BCUT2D eigenvalue weighted by Gasteiger charge is 2.21. The van der Waals surface area contributed by atoms with Crippen LogP contribution < -0.4 is 10.1 Å². The zero-order chi connectivity index (χ0) is 17.1. The van der Waals surface area contributed by atoms with Crippen molar-refractivity contribution >= 4 is 11.6 Å². The number of carbonyl (C=O) groups excluding carboxylic acids is 1. The van der Waals surface area contributed by atoms with E-state index in [1.807, 2.05) is 19.9 Å². The summed E-state index contributed by atoms with van der Waals surface area (Å²) >= 11 is 0. The van der Waals surface area contributed by atoms with Gasteiger partial charge in [-0.15, -0.1) is 0 Å². The van der Waals surface area contributed by atoms with E-state index in [0.29, 0.717) is 5.69 Å². The van der Waals surface area contributed by atoms with Gasteiger partial charge in [0.15, 0.2) is 24.0 Å². The predicted octanol–water partition coefficient (Wildman–Crippen LogP) is 3.88. The van der Waals surface area contributed by atoms with Crippen LogP contribution in [0.3, 0.4) is 0 Å². The van der Waals surface area contributed by atoms with E-state index in [1.54, 1.807) is 12.1 Å². The Labute approximate surface area is 129 Å². The smallest absolute Gasteiger partial charge is 0.262 e. The number of ether oxygens (including phenoxy) is 1. The Morgan fingerprint density at radius 3 is 2.00 bits per heavy atom. The molecular formula is C16H13F4NO2. The fraction of sp³-hybridized carbons (Fsp3) is 0.188. The minimum Gasteiger partial charge on any atom is -0.477 e. The molecule has 2 aromatic rings. The first-order valence-electron chi connectivity index (χ1n) is 6.62. The summed E-state index contributed by atoms with van der Waals surface area (Å²) in [4.78, 5) is 11.7. The van der Waals surface area contributed by atoms with Crippen molar-refractivity contribution in [1.82, 2.24) is 0 Å². The van der Waals surface area contributed by atoms with E-state index in [1.165, 1.54) is 0 Å². The predicted molar refractivity (Wildman–Crippen MR) is 76.3 cm³/mol. The molecule has 0 radical (unpaired) electrons. The van der Waals surface area contributed by atoms with Gasteiger partial charge >= 0.3 is 0 Å². The molecule has 1 amide bonds. The third-order valence-electron chi connectivity index (χ3n) is 2.92. The van der Waals surface area contributed by atoms with E-state index in [-0.39, 0.29) is 6.07 Å². The maximum atomic E-state index is 13.4. The number of halogens is 4. The third kappa shape index (κ3) is 4.00. The van der Waals surface area contributed by atoms with Crippen LogP contribution in [0.15, 0.2) is 24.3 Å². The molecule has 2 aromatic carbocycles. The highest BCUT2D eigenvalue weighted by atomic mass is 19.2. The lowest BCUT2D eigenvalue weighted by molar-refractivity contribution is -0.118. The van der Waals surface area contributed by atoms with Crippen LogP contribution in [0, 0.1) is 37.1 Å². The quantitative estimate of drug-likeness (QED) is 0.684. The van der Waals surface area contributed by atoms with Crippen LogP contribution >= 0.6 is 0 Å². The van der Waals surface area contributed by atoms with Gasteiger partial charge in [0.05, 0.1) is 0 Å². The van der Waals surface area contributed by atoms with Gasteiger partial charge < -0.3 is 10.1 Å². The molecule has 0 saturated heterocycles. The van der Waals surface area contributed by atoms with Gasteiger partial charge in [-0.2, -0.15) is 8.78 Å². The monoisotopic (exact) mass is 327 g/mol. The molecule has 0 saturated carbocycles. The molecule has 0 aromatic heterocycles. The molecule has 0 heterocycles. The van der Waals surface area contributed by atoms with Gasteiger partial charge in [-0.3, -0.25) is 4.79 Å². The zero-order valence-electron chi connectivity index (χ0n) is 12.3. The molecule has 0 unspecified atom stereocenters. The average Bonchev–Trinajstić information content (AvgIpc) is 2.44. The van der Waals surface area contributed by atoms with E-state index in [4.69, 9.17) is 0 Å². The summed E-state index contributed by atoms with van der Waals surface area (Å²) in [7, 11) is 0. The SMILES string of the molecule is Cc1cc(C)cc(NC(=O)COc2c(F)c(F)cc(F)c2F)c1. The van der Waals surface area contributed by atoms with Gasteiger partial charge in [-0.25, -0.2) is 8.78 Å². The number of carbonyl (C=O) groups is 1. The Kier molecular flexibility index (Phi) is 4.88. The highest BCUT2D eigenvalue weighted by Crippen LogP contribution is 2.26. The zero-order valence-corrected chi connectivity index (χ0v) is 12.3. The topological polar surface area (TPSA) is 38.3 Å². The molecular weight excluding hydrogens is 314 g/mol. The summed E-state index contributed by atoms with van der Waals surface area (Å²) < 4.78 is 57.4. The highest BCUT2D eigenvalue weighted by molar-refractivity contribution is 5.92. The molecule has 0 spiro atoms. The van der Waals surface area contributed by atoms with Gasteiger partial charge in [0.25, 0.3) is 5.91 Å². The minimum absolute atomic E-state index is 0.0626. The summed E-state index contributed by atoms with van der Waals surface area (Å²) in [6, 6.07) is 5.33. The van der Waals surface area contributed by atoms with Crippen molar-refractivity contribution < 1.29 is 27.1 Å². The lowest BCUT2D eigenvalue weighted by atomic mass is 10.1. The van der Waals surface area contributed by atoms with E-state index >= 15 is 0 Å². The number of hydrogen-bond donors (Lipinski definition) is 1. The summed E-state index contributed by atoms with van der Waals surface area (Å²) in [5, 5.41) is 2.47. The molecule has 0 aliphatic heterocycles. The Hall–Kier alpha value is -2.57. The van der Waals surface area contributed by atoms with Gasteiger partial charge in [0.1, 0.15) is 0 Å². The summed E-state index contributed by atoms with van der Waals surface area (Å²) in [6.07, 6.45) is 0. The number of aryl methyl sites for hydroxylation is 2. The maximum absolute atomic E-state index is 13.4. The average molecular weight is 327 g/mol. The number of nitrogens with one attached hydrogen (secondary N) is 1. The fourth-order valence-corrected chi connectivity index (χ4v) is 2.06. The van der Waals surface area contributed by atoms with Gasteiger partial charge in [0, 0.05) is 11.8 Å². The Balaban J connectivity index is 2.08. The van der Waals surface area contributed by atoms with E-state index in [9.17, 15) is 22.4 Å². The first-order valence-corrected chi connectivity index (χ1v) is 6.62. The van der Waals surface area contributed by atoms with E-state index < -0.39 is 41.5 Å². The van der Waals surface area contributed by atoms with Gasteiger partial charge in [-0.05, 0) is 37.1 Å². The molecule has 7 heteroatoms. The number of anilines is 1. The molecule has 0 atom stereocenters. The number of benzene rings is 2. The van der Waals surface area contributed by atoms with Crippen LogP contribution in [-0.4, -0.2) is 12.5 Å². The molecule has 23 heavy (non-hydrogen) atoms. The largest absolute Gasteiger partial charge is 0.477 e. The van der Waals surface area contributed by atoms with Crippen LogP contribution in [0.5, 0.6) is 5.75 Å². The number of hydrogen-bond acceptors (Lipinski definition) is 2. The summed E-state index contributed by atoms with van der Waals surface area (Å²) in [5.74, 6) is -8.58. The standard InChI is InChI=1S/C16H13F4NO2/c1-8-3-9(2)5-10(4-8)21-13(22)7-23-16-14(19)11(17)6-12(18)15(16)20/h3-6H,7H2,1-2H3,(H,21,22). The van der Waals surface area contributed by atoms with Crippen LogP contribution in [0.2, 0.25) is 0 Å². The molecule has 2 rings (SSSR count). The fourth-order valence-electron chi connectivity index (χ4n) is 2.06. The molecule has 122 valence electrons. The molecule has 0 aliphatic rings. The second-order valence-corrected chi connectivity index (χ2v) is 5.01. The Morgan fingerprint density at radius 2 is 1.48 bits per heavy atom. The number of rotatable bonds is 4. The van der Waals surface area contributed by atoms with Crippen molar-refractivity contribution in [3.63, 3.8) is 0 Å². The number of amides is 1. The molecule has 0 fully saturated rings. The minimum atomic E-state index is -1.69.